The third-order valence-corrected chi connectivity index (χ3v) is 6.52. The summed E-state index contributed by atoms with van der Waals surface area (Å²) < 4.78 is 1.73. The normalized spacial score (nSPS) is 30.6. The molecule has 0 N–H and O–H groups in total. The van der Waals surface area contributed by atoms with E-state index in [4.69, 9.17) is 0 Å². The Hall–Kier alpha value is -1.50. The van der Waals surface area contributed by atoms with Crippen molar-refractivity contribution in [2.75, 3.05) is 26.7 Å². The maximum atomic E-state index is 12.8. The van der Waals surface area contributed by atoms with Crippen LogP contribution in [0.25, 0.3) is 0 Å². The summed E-state index contributed by atoms with van der Waals surface area (Å²) >= 11 is 0. The summed E-state index contributed by atoms with van der Waals surface area (Å²) in [4.78, 5) is 17.2. The molecule has 7 nitrogen and oxygen atoms in total. The van der Waals surface area contributed by atoms with Crippen LogP contribution in [0.3, 0.4) is 0 Å². The number of aromatic nitrogens is 4. The largest absolute Gasteiger partial charge is 0.342 e. The molecular formula is C18H32N6O. The minimum absolute atomic E-state index is 0.165. The van der Waals surface area contributed by atoms with Gasteiger partial charge >= 0.3 is 0 Å². The first kappa shape index (κ1) is 18.3. The van der Waals surface area contributed by atoms with Gasteiger partial charge in [0.2, 0.25) is 5.91 Å². The first-order chi connectivity index (χ1) is 11.9. The molecule has 1 aliphatic heterocycles. The van der Waals surface area contributed by atoms with E-state index in [1.807, 2.05) is 7.05 Å². The molecule has 1 amide bonds. The van der Waals surface area contributed by atoms with Crippen LogP contribution in [0.5, 0.6) is 0 Å². The lowest BCUT2D eigenvalue weighted by molar-refractivity contribution is -0.135. The van der Waals surface area contributed by atoms with Crippen LogP contribution in [0, 0.1) is 17.3 Å². The Labute approximate surface area is 150 Å². The number of hydrogen-bond acceptors (Lipinski definition) is 5. The second kappa shape index (κ2) is 7.02. The molecule has 25 heavy (non-hydrogen) atoms. The van der Waals surface area contributed by atoms with Gasteiger partial charge in [-0.25, -0.2) is 4.68 Å². The number of carbonyl (C=O) groups excluding carboxylic acids is 1. The van der Waals surface area contributed by atoms with Crippen molar-refractivity contribution in [3.63, 3.8) is 0 Å². The van der Waals surface area contributed by atoms with E-state index in [9.17, 15) is 4.79 Å². The van der Waals surface area contributed by atoms with E-state index in [-0.39, 0.29) is 17.4 Å². The second-order valence-electron chi connectivity index (χ2n) is 8.33. The molecular weight excluding hydrogens is 316 g/mol. The Morgan fingerprint density at radius 2 is 2.24 bits per heavy atom. The average molecular weight is 348 g/mol. The molecule has 2 heterocycles. The van der Waals surface area contributed by atoms with Crippen molar-refractivity contribution in [2.45, 2.75) is 52.5 Å². The van der Waals surface area contributed by atoms with Crippen LogP contribution in [-0.4, -0.2) is 62.6 Å². The van der Waals surface area contributed by atoms with Crippen molar-refractivity contribution < 1.29 is 4.79 Å². The molecule has 2 fully saturated rings. The lowest BCUT2D eigenvalue weighted by atomic mass is 9.95. The summed E-state index contributed by atoms with van der Waals surface area (Å²) in [5, 5.41) is 11.8. The predicted octanol–water partition coefficient (Wildman–Crippen LogP) is 1.88. The van der Waals surface area contributed by atoms with Crippen molar-refractivity contribution in [1.82, 2.24) is 30.0 Å². The molecule has 7 heteroatoms. The molecule has 0 spiro atoms. The number of amides is 1. The van der Waals surface area contributed by atoms with Gasteiger partial charge in [-0.2, -0.15) is 0 Å². The van der Waals surface area contributed by atoms with Gasteiger partial charge in [0.15, 0.2) is 5.82 Å². The number of hydrogen-bond donors (Lipinski definition) is 0. The fourth-order valence-electron chi connectivity index (χ4n) is 4.17. The van der Waals surface area contributed by atoms with Gasteiger partial charge in [0.25, 0.3) is 0 Å². The summed E-state index contributed by atoms with van der Waals surface area (Å²) in [5.74, 6) is 2.06. The molecule has 1 aromatic heterocycles. The van der Waals surface area contributed by atoms with E-state index in [0.717, 1.165) is 44.7 Å². The smallest absolute Gasteiger partial charge is 0.226 e. The van der Waals surface area contributed by atoms with Gasteiger partial charge in [-0.3, -0.25) is 9.69 Å². The zero-order valence-electron chi connectivity index (χ0n) is 16.3. The van der Waals surface area contributed by atoms with Gasteiger partial charge in [-0.15, -0.1) is 5.10 Å². The SMILES string of the molecule is CCC1(C)CC1C(=O)N1CCCC(CN(C)C(C)c2nnnn2C)C1. The molecule has 1 saturated carbocycles. The molecule has 0 bridgehead atoms. The first-order valence-corrected chi connectivity index (χ1v) is 9.57. The number of piperidine rings is 1. The van der Waals surface area contributed by atoms with Crippen molar-refractivity contribution >= 4 is 5.91 Å². The van der Waals surface area contributed by atoms with E-state index < -0.39 is 0 Å². The predicted molar refractivity (Wildman–Crippen MR) is 95.7 cm³/mol. The highest BCUT2D eigenvalue weighted by Gasteiger charge is 2.54. The van der Waals surface area contributed by atoms with Gasteiger partial charge in [0, 0.05) is 32.6 Å². The molecule has 0 radical (unpaired) electrons. The zero-order chi connectivity index (χ0) is 18.2. The van der Waals surface area contributed by atoms with E-state index >= 15 is 0 Å². The Balaban J connectivity index is 1.55. The number of carbonyl (C=O) groups is 1. The minimum Gasteiger partial charge on any atom is -0.342 e. The Morgan fingerprint density at radius 3 is 2.84 bits per heavy atom. The summed E-state index contributed by atoms with van der Waals surface area (Å²) in [6, 6.07) is 0.165. The highest BCUT2D eigenvalue weighted by Crippen LogP contribution is 2.55. The van der Waals surface area contributed by atoms with Crippen LogP contribution in [0.1, 0.15) is 58.3 Å². The highest BCUT2D eigenvalue weighted by atomic mass is 16.2. The van der Waals surface area contributed by atoms with Gasteiger partial charge in [0.05, 0.1) is 6.04 Å². The topological polar surface area (TPSA) is 67.2 Å². The molecule has 2 aliphatic rings. The van der Waals surface area contributed by atoms with E-state index in [0.29, 0.717) is 11.8 Å². The first-order valence-electron chi connectivity index (χ1n) is 9.57. The molecule has 1 aliphatic carbocycles. The molecule has 1 aromatic rings. The van der Waals surface area contributed by atoms with Crippen molar-refractivity contribution in [3.05, 3.63) is 5.82 Å². The van der Waals surface area contributed by atoms with Gasteiger partial charge < -0.3 is 4.90 Å². The second-order valence-corrected chi connectivity index (χ2v) is 8.33. The van der Waals surface area contributed by atoms with Gasteiger partial charge in [0.1, 0.15) is 0 Å². The molecule has 3 rings (SSSR count). The van der Waals surface area contributed by atoms with E-state index in [2.05, 4.69) is 53.1 Å². The van der Waals surface area contributed by atoms with Crippen LogP contribution in [-0.2, 0) is 11.8 Å². The van der Waals surface area contributed by atoms with Crippen LogP contribution in [0.4, 0.5) is 0 Å². The van der Waals surface area contributed by atoms with E-state index in [1.54, 1.807) is 4.68 Å². The van der Waals surface area contributed by atoms with Crippen molar-refractivity contribution in [3.8, 4) is 0 Å². The maximum Gasteiger partial charge on any atom is 0.226 e. The van der Waals surface area contributed by atoms with Crippen LogP contribution in [0.15, 0.2) is 0 Å². The number of likely N-dealkylation sites (tertiary alicyclic amines) is 1. The van der Waals surface area contributed by atoms with Crippen molar-refractivity contribution in [1.29, 1.82) is 0 Å². The summed E-state index contributed by atoms with van der Waals surface area (Å²) in [7, 11) is 4.00. The molecule has 140 valence electrons. The number of tetrazole rings is 1. The Kier molecular flexibility index (Phi) is 5.14. The van der Waals surface area contributed by atoms with E-state index in [1.165, 1.54) is 6.42 Å². The number of rotatable bonds is 6. The lowest BCUT2D eigenvalue weighted by Gasteiger charge is -2.36. The van der Waals surface area contributed by atoms with Gasteiger partial charge in [-0.05, 0) is 61.4 Å². The fraction of sp³-hybridized carbons (Fsp3) is 0.889. The molecule has 0 aromatic carbocycles. The number of nitrogens with zero attached hydrogens (tertiary/aromatic N) is 6. The molecule has 4 atom stereocenters. The molecule has 1 saturated heterocycles. The minimum atomic E-state index is 0.165. The average Bonchev–Trinajstić information content (AvgIpc) is 3.11. The summed E-state index contributed by atoms with van der Waals surface area (Å²) in [5.41, 5.74) is 0.257. The molecule has 4 unspecified atom stereocenters. The lowest BCUT2D eigenvalue weighted by Crippen LogP contribution is -2.44. The monoisotopic (exact) mass is 348 g/mol. The number of aryl methyl sites for hydroxylation is 1. The quantitative estimate of drug-likeness (QED) is 0.785. The maximum absolute atomic E-state index is 12.8. The Bertz CT molecular complexity index is 616. The van der Waals surface area contributed by atoms with Gasteiger partial charge in [-0.1, -0.05) is 13.8 Å². The third kappa shape index (κ3) is 3.71. The standard InChI is InChI=1S/C18H32N6O/c1-6-18(3)10-15(18)17(25)24-9-7-8-14(12-24)11-22(4)13(2)16-19-20-21-23(16)5/h13-15H,6-12H2,1-5H3. The summed E-state index contributed by atoms with van der Waals surface area (Å²) in [6.45, 7) is 9.37. The fourth-order valence-corrected chi connectivity index (χ4v) is 4.17. The zero-order valence-corrected chi connectivity index (χ0v) is 16.3. The van der Waals surface area contributed by atoms with Crippen LogP contribution in [0.2, 0.25) is 0 Å². The summed E-state index contributed by atoms with van der Waals surface area (Å²) in [6.07, 6.45) is 4.47. The third-order valence-electron chi connectivity index (χ3n) is 6.52. The van der Waals surface area contributed by atoms with Crippen LogP contribution < -0.4 is 0 Å². The highest BCUT2D eigenvalue weighted by molar-refractivity contribution is 5.82. The van der Waals surface area contributed by atoms with Crippen molar-refractivity contribution in [2.24, 2.45) is 24.3 Å². The van der Waals surface area contributed by atoms with Crippen LogP contribution >= 0.6 is 0 Å². The Morgan fingerprint density at radius 1 is 1.48 bits per heavy atom.